The van der Waals surface area contributed by atoms with Crippen molar-refractivity contribution in [2.45, 2.75) is 44.9 Å². The minimum Gasteiger partial charge on any atom is -0.492 e. The van der Waals surface area contributed by atoms with Crippen LogP contribution in [0.4, 0.5) is 0 Å². The second-order valence-corrected chi connectivity index (χ2v) is 5.01. The number of hydrogen-bond donors (Lipinski definition) is 1. The normalized spacial score (nSPS) is 17.1. The molecular formula is C15H23NO. The second kappa shape index (κ2) is 6.06. The van der Waals surface area contributed by atoms with Crippen LogP contribution in [-0.4, -0.2) is 13.2 Å². The van der Waals surface area contributed by atoms with E-state index in [1.54, 1.807) is 0 Å². The van der Waals surface area contributed by atoms with Gasteiger partial charge in [-0.05, 0) is 42.9 Å². The van der Waals surface area contributed by atoms with Crippen molar-refractivity contribution in [3.05, 3.63) is 29.3 Å². The fourth-order valence-electron chi connectivity index (χ4n) is 2.69. The Hall–Kier alpha value is -1.02. The molecule has 94 valence electrons. The lowest BCUT2D eigenvalue weighted by Crippen LogP contribution is -2.13. The summed E-state index contributed by atoms with van der Waals surface area (Å²) >= 11 is 0. The number of ether oxygens (including phenoxy) is 1. The topological polar surface area (TPSA) is 35.2 Å². The summed E-state index contributed by atoms with van der Waals surface area (Å²) in [5.41, 5.74) is 8.17. The Balaban J connectivity index is 2.18. The van der Waals surface area contributed by atoms with E-state index in [9.17, 15) is 0 Å². The molecule has 0 spiro atoms. The molecule has 0 aromatic heterocycles. The van der Waals surface area contributed by atoms with Crippen LogP contribution in [0.3, 0.4) is 0 Å². The van der Waals surface area contributed by atoms with Crippen LogP contribution >= 0.6 is 0 Å². The SMILES string of the molecule is Cc1ccc(C2CCCCC2)c(OCCN)c1. The van der Waals surface area contributed by atoms with Gasteiger partial charge in [0, 0.05) is 6.54 Å². The van der Waals surface area contributed by atoms with Crippen LogP contribution in [0.15, 0.2) is 18.2 Å². The van der Waals surface area contributed by atoms with Crippen LogP contribution in [0.1, 0.15) is 49.1 Å². The summed E-state index contributed by atoms with van der Waals surface area (Å²) in [6.45, 7) is 3.31. The molecule has 1 aliphatic carbocycles. The van der Waals surface area contributed by atoms with E-state index in [4.69, 9.17) is 10.5 Å². The molecule has 2 nitrogen and oxygen atoms in total. The lowest BCUT2D eigenvalue weighted by molar-refractivity contribution is 0.317. The number of rotatable bonds is 4. The summed E-state index contributed by atoms with van der Waals surface area (Å²) in [7, 11) is 0. The maximum atomic E-state index is 5.80. The Morgan fingerprint density at radius 1 is 1.24 bits per heavy atom. The lowest BCUT2D eigenvalue weighted by Gasteiger charge is -2.24. The van der Waals surface area contributed by atoms with E-state index >= 15 is 0 Å². The molecule has 0 bridgehead atoms. The van der Waals surface area contributed by atoms with Crippen molar-refractivity contribution in [2.24, 2.45) is 5.73 Å². The Bertz CT molecular complexity index is 356. The number of aryl methyl sites for hydroxylation is 1. The third-order valence-electron chi connectivity index (χ3n) is 3.59. The fraction of sp³-hybridized carbons (Fsp3) is 0.600. The van der Waals surface area contributed by atoms with Crippen LogP contribution in [-0.2, 0) is 0 Å². The minimum atomic E-state index is 0.581. The molecule has 1 saturated carbocycles. The third kappa shape index (κ3) is 3.22. The van der Waals surface area contributed by atoms with Crippen molar-refractivity contribution in [3.8, 4) is 5.75 Å². The van der Waals surface area contributed by atoms with Crippen LogP contribution in [0.25, 0.3) is 0 Å². The van der Waals surface area contributed by atoms with Gasteiger partial charge in [0.2, 0.25) is 0 Å². The highest BCUT2D eigenvalue weighted by Gasteiger charge is 2.19. The lowest BCUT2D eigenvalue weighted by atomic mass is 9.83. The maximum absolute atomic E-state index is 5.80. The van der Waals surface area contributed by atoms with E-state index in [-0.39, 0.29) is 0 Å². The summed E-state index contributed by atoms with van der Waals surface area (Å²) in [6, 6.07) is 6.59. The summed E-state index contributed by atoms with van der Waals surface area (Å²) in [5, 5.41) is 0. The molecule has 1 aromatic carbocycles. The third-order valence-corrected chi connectivity index (χ3v) is 3.59. The highest BCUT2D eigenvalue weighted by Crippen LogP contribution is 2.37. The molecule has 1 fully saturated rings. The van der Waals surface area contributed by atoms with Gasteiger partial charge in [-0.2, -0.15) is 0 Å². The Kier molecular flexibility index (Phi) is 4.43. The zero-order chi connectivity index (χ0) is 12.1. The van der Waals surface area contributed by atoms with Crippen molar-refractivity contribution < 1.29 is 4.74 Å². The molecule has 0 saturated heterocycles. The smallest absolute Gasteiger partial charge is 0.123 e. The molecule has 0 heterocycles. The summed E-state index contributed by atoms with van der Waals surface area (Å²) < 4.78 is 5.80. The molecule has 0 atom stereocenters. The molecule has 1 aromatic rings. The second-order valence-electron chi connectivity index (χ2n) is 5.01. The molecular weight excluding hydrogens is 210 g/mol. The standard InChI is InChI=1S/C15H23NO/c1-12-7-8-14(13-5-3-2-4-6-13)15(11-12)17-10-9-16/h7-8,11,13H,2-6,9-10,16H2,1H3. The van der Waals surface area contributed by atoms with Gasteiger partial charge in [-0.25, -0.2) is 0 Å². The van der Waals surface area contributed by atoms with E-state index in [1.807, 2.05) is 0 Å². The average molecular weight is 233 g/mol. The highest BCUT2D eigenvalue weighted by molar-refractivity contribution is 5.39. The van der Waals surface area contributed by atoms with Crippen molar-refractivity contribution >= 4 is 0 Å². The zero-order valence-corrected chi connectivity index (χ0v) is 10.7. The Labute approximate surface area is 104 Å². The number of hydrogen-bond acceptors (Lipinski definition) is 2. The van der Waals surface area contributed by atoms with Gasteiger partial charge in [0.1, 0.15) is 12.4 Å². The highest BCUT2D eigenvalue weighted by atomic mass is 16.5. The van der Waals surface area contributed by atoms with Crippen LogP contribution in [0.2, 0.25) is 0 Å². The van der Waals surface area contributed by atoms with Crippen molar-refractivity contribution in [2.75, 3.05) is 13.2 Å². The van der Waals surface area contributed by atoms with E-state index in [0.29, 0.717) is 19.1 Å². The molecule has 0 radical (unpaired) electrons. The van der Waals surface area contributed by atoms with Crippen LogP contribution in [0.5, 0.6) is 5.75 Å². The summed E-state index contributed by atoms with van der Waals surface area (Å²) in [5.74, 6) is 1.75. The van der Waals surface area contributed by atoms with Gasteiger partial charge >= 0.3 is 0 Å². The molecule has 1 aliphatic rings. The molecule has 2 heteroatoms. The van der Waals surface area contributed by atoms with E-state index in [0.717, 1.165) is 5.75 Å². The van der Waals surface area contributed by atoms with Crippen LogP contribution < -0.4 is 10.5 Å². The van der Waals surface area contributed by atoms with Gasteiger partial charge in [-0.1, -0.05) is 31.4 Å². The maximum Gasteiger partial charge on any atom is 0.123 e. The molecule has 2 N–H and O–H groups in total. The van der Waals surface area contributed by atoms with Gasteiger partial charge in [0.25, 0.3) is 0 Å². The first-order valence-electron chi connectivity index (χ1n) is 6.74. The number of nitrogens with two attached hydrogens (primary N) is 1. The predicted octanol–water partition coefficient (Wildman–Crippen LogP) is 3.38. The first kappa shape index (κ1) is 12.4. The van der Waals surface area contributed by atoms with E-state index in [1.165, 1.54) is 43.2 Å². The van der Waals surface area contributed by atoms with Gasteiger partial charge < -0.3 is 10.5 Å². The van der Waals surface area contributed by atoms with Gasteiger partial charge in [0.05, 0.1) is 0 Å². The van der Waals surface area contributed by atoms with Crippen molar-refractivity contribution in [3.63, 3.8) is 0 Å². The quantitative estimate of drug-likeness (QED) is 0.865. The average Bonchev–Trinajstić information content (AvgIpc) is 2.37. The molecule has 2 rings (SSSR count). The largest absolute Gasteiger partial charge is 0.492 e. The first-order valence-corrected chi connectivity index (χ1v) is 6.74. The zero-order valence-electron chi connectivity index (χ0n) is 10.7. The predicted molar refractivity (Wildman–Crippen MR) is 71.6 cm³/mol. The van der Waals surface area contributed by atoms with E-state index in [2.05, 4.69) is 25.1 Å². The monoisotopic (exact) mass is 233 g/mol. The van der Waals surface area contributed by atoms with Crippen LogP contribution in [0, 0.1) is 6.92 Å². The van der Waals surface area contributed by atoms with Gasteiger partial charge in [0.15, 0.2) is 0 Å². The van der Waals surface area contributed by atoms with Gasteiger partial charge in [-0.15, -0.1) is 0 Å². The van der Waals surface area contributed by atoms with Crippen molar-refractivity contribution in [1.29, 1.82) is 0 Å². The number of benzene rings is 1. The Morgan fingerprint density at radius 3 is 2.71 bits per heavy atom. The van der Waals surface area contributed by atoms with E-state index < -0.39 is 0 Å². The van der Waals surface area contributed by atoms with Crippen molar-refractivity contribution in [1.82, 2.24) is 0 Å². The Morgan fingerprint density at radius 2 is 2.00 bits per heavy atom. The molecule has 0 amide bonds. The molecule has 0 aliphatic heterocycles. The fourth-order valence-corrected chi connectivity index (χ4v) is 2.69. The molecule has 17 heavy (non-hydrogen) atoms. The summed E-state index contributed by atoms with van der Waals surface area (Å²) in [4.78, 5) is 0. The minimum absolute atomic E-state index is 0.581. The molecule has 0 unspecified atom stereocenters. The summed E-state index contributed by atoms with van der Waals surface area (Å²) in [6.07, 6.45) is 6.72. The first-order chi connectivity index (χ1) is 8.31. The van der Waals surface area contributed by atoms with Gasteiger partial charge in [-0.3, -0.25) is 0 Å².